The van der Waals surface area contributed by atoms with E-state index in [4.69, 9.17) is 16.3 Å². The third kappa shape index (κ3) is 3.45. The molecule has 18 heavy (non-hydrogen) atoms. The van der Waals surface area contributed by atoms with Crippen molar-refractivity contribution >= 4 is 21.6 Å². The Kier molecular flexibility index (Phi) is 5.59. The number of alkyl halides is 1. The minimum atomic E-state index is -3.50. The summed E-state index contributed by atoms with van der Waals surface area (Å²) in [6.07, 6.45) is 0. The number of hydrogen-bond acceptors (Lipinski definition) is 3. The number of rotatable bonds is 6. The number of methoxy groups -OCH3 is 1. The molecule has 1 aromatic carbocycles. The van der Waals surface area contributed by atoms with E-state index in [0.717, 1.165) is 5.56 Å². The molecule has 0 N–H and O–H groups in total. The van der Waals surface area contributed by atoms with E-state index in [1.54, 1.807) is 45.3 Å². The molecule has 0 aliphatic carbocycles. The molecule has 0 saturated carbocycles. The number of nitrogens with zero attached hydrogens (tertiary/aromatic N) is 1. The Morgan fingerprint density at radius 2 is 2.11 bits per heavy atom. The van der Waals surface area contributed by atoms with Gasteiger partial charge in [0.1, 0.15) is 0 Å². The Labute approximate surface area is 114 Å². The molecular weight excluding hydrogens is 274 g/mol. The molecule has 4 nitrogen and oxygen atoms in total. The van der Waals surface area contributed by atoms with Crippen molar-refractivity contribution in [2.24, 2.45) is 0 Å². The first kappa shape index (κ1) is 15.4. The smallest absolute Gasteiger partial charge is 0.243 e. The van der Waals surface area contributed by atoms with Crippen LogP contribution in [-0.4, -0.2) is 39.5 Å². The maximum atomic E-state index is 12.3. The van der Waals surface area contributed by atoms with Gasteiger partial charge in [-0.25, -0.2) is 8.42 Å². The Bertz CT molecular complexity index is 490. The second-order valence-corrected chi connectivity index (χ2v) is 6.37. The lowest BCUT2D eigenvalue weighted by molar-refractivity contribution is 0.149. The second-order valence-electron chi connectivity index (χ2n) is 4.11. The molecule has 0 saturated heterocycles. The van der Waals surface area contributed by atoms with Crippen LogP contribution in [-0.2, 0) is 20.6 Å². The van der Waals surface area contributed by atoms with E-state index in [0.29, 0.717) is 12.5 Å². The van der Waals surface area contributed by atoms with Crippen LogP contribution in [0.5, 0.6) is 0 Å². The summed E-state index contributed by atoms with van der Waals surface area (Å²) in [5.41, 5.74) is 0.783. The minimum absolute atomic E-state index is 0.223. The standard InChI is InChI=1S/C12H18ClNO3S/c1-10(9-17-3)14(2)18(15,16)12-6-4-5-11(7-12)8-13/h4-7,10H,8-9H2,1-3H3. The first-order valence-corrected chi connectivity index (χ1v) is 7.52. The van der Waals surface area contributed by atoms with Gasteiger partial charge in [-0.2, -0.15) is 4.31 Å². The van der Waals surface area contributed by atoms with Crippen LogP contribution in [0.3, 0.4) is 0 Å². The van der Waals surface area contributed by atoms with Crippen LogP contribution in [0.2, 0.25) is 0 Å². The van der Waals surface area contributed by atoms with Gasteiger partial charge in [-0.15, -0.1) is 11.6 Å². The lowest BCUT2D eigenvalue weighted by atomic mass is 10.2. The van der Waals surface area contributed by atoms with Crippen molar-refractivity contribution < 1.29 is 13.2 Å². The van der Waals surface area contributed by atoms with Crippen LogP contribution in [0.4, 0.5) is 0 Å². The van der Waals surface area contributed by atoms with Crippen LogP contribution in [0, 0.1) is 0 Å². The van der Waals surface area contributed by atoms with Gasteiger partial charge in [0, 0.05) is 26.1 Å². The summed E-state index contributed by atoms with van der Waals surface area (Å²) in [6.45, 7) is 2.15. The molecule has 1 atom stereocenters. The van der Waals surface area contributed by atoms with Crippen molar-refractivity contribution in [2.45, 2.75) is 23.7 Å². The minimum Gasteiger partial charge on any atom is -0.383 e. The molecule has 0 aliphatic heterocycles. The molecular formula is C12H18ClNO3S. The lowest BCUT2D eigenvalue weighted by Crippen LogP contribution is -2.37. The Balaban J connectivity index is 3.05. The highest BCUT2D eigenvalue weighted by molar-refractivity contribution is 7.89. The Hall–Kier alpha value is -0.620. The van der Waals surface area contributed by atoms with Crippen LogP contribution >= 0.6 is 11.6 Å². The van der Waals surface area contributed by atoms with E-state index in [9.17, 15) is 8.42 Å². The SMILES string of the molecule is COCC(C)N(C)S(=O)(=O)c1cccc(CCl)c1. The summed E-state index contributed by atoms with van der Waals surface area (Å²) < 4.78 is 31.0. The second kappa shape index (κ2) is 6.52. The van der Waals surface area contributed by atoms with Gasteiger partial charge in [0.2, 0.25) is 10.0 Å². The monoisotopic (exact) mass is 291 g/mol. The molecule has 102 valence electrons. The number of likely N-dealkylation sites (N-methyl/N-ethyl adjacent to an activating group) is 1. The normalized spacial score (nSPS) is 13.8. The summed E-state index contributed by atoms with van der Waals surface area (Å²) in [5.74, 6) is 0.292. The predicted molar refractivity (Wildman–Crippen MR) is 72.3 cm³/mol. The van der Waals surface area contributed by atoms with Crippen LogP contribution in [0.25, 0.3) is 0 Å². The topological polar surface area (TPSA) is 46.6 Å². The average molecular weight is 292 g/mol. The van der Waals surface area contributed by atoms with Gasteiger partial charge in [0.15, 0.2) is 0 Å². The molecule has 1 aromatic rings. The molecule has 1 unspecified atom stereocenters. The number of hydrogen-bond donors (Lipinski definition) is 0. The number of halogens is 1. The van der Waals surface area contributed by atoms with E-state index < -0.39 is 10.0 Å². The summed E-state index contributed by atoms with van der Waals surface area (Å²) in [7, 11) is -0.404. The van der Waals surface area contributed by atoms with Crippen LogP contribution in [0.15, 0.2) is 29.2 Å². The highest BCUT2D eigenvalue weighted by Gasteiger charge is 2.25. The van der Waals surface area contributed by atoms with Crippen molar-refractivity contribution in [3.63, 3.8) is 0 Å². The van der Waals surface area contributed by atoms with Crippen molar-refractivity contribution in [1.29, 1.82) is 0 Å². The van der Waals surface area contributed by atoms with Gasteiger partial charge < -0.3 is 4.74 Å². The van der Waals surface area contributed by atoms with Gasteiger partial charge in [-0.1, -0.05) is 12.1 Å². The third-order valence-electron chi connectivity index (χ3n) is 2.76. The molecule has 1 rings (SSSR count). The number of benzene rings is 1. The fourth-order valence-electron chi connectivity index (χ4n) is 1.54. The first-order valence-electron chi connectivity index (χ1n) is 5.55. The molecule has 6 heteroatoms. The van der Waals surface area contributed by atoms with Gasteiger partial charge in [0.05, 0.1) is 11.5 Å². The number of ether oxygens (including phenoxy) is 1. The average Bonchev–Trinajstić information content (AvgIpc) is 2.38. The van der Waals surface area contributed by atoms with Gasteiger partial charge in [-0.05, 0) is 24.6 Å². The molecule has 0 heterocycles. The zero-order valence-electron chi connectivity index (χ0n) is 10.8. The van der Waals surface area contributed by atoms with Crippen molar-refractivity contribution in [3.05, 3.63) is 29.8 Å². The maximum Gasteiger partial charge on any atom is 0.243 e. The van der Waals surface area contributed by atoms with Crippen molar-refractivity contribution in [3.8, 4) is 0 Å². The molecule has 0 bridgehead atoms. The predicted octanol–water partition coefficient (Wildman–Crippen LogP) is 2.08. The summed E-state index contributed by atoms with van der Waals surface area (Å²) in [4.78, 5) is 0.256. The molecule has 0 radical (unpaired) electrons. The van der Waals surface area contributed by atoms with E-state index >= 15 is 0 Å². The van der Waals surface area contributed by atoms with E-state index in [1.807, 2.05) is 0 Å². The highest BCUT2D eigenvalue weighted by Crippen LogP contribution is 2.18. The van der Waals surface area contributed by atoms with Crippen molar-refractivity contribution in [2.75, 3.05) is 20.8 Å². The third-order valence-corrected chi connectivity index (χ3v) is 5.03. The first-order chi connectivity index (χ1) is 8.43. The molecule has 0 aromatic heterocycles. The van der Waals surface area contributed by atoms with E-state index in [2.05, 4.69) is 0 Å². The van der Waals surface area contributed by atoms with Crippen LogP contribution in [0.1, 0.15) is 12.5 Å². The van der Waals surface area contributed by atoms with Gasteiger partial charge in [0.25, 0.3) is 0 Å². The fourth-order valence-corrected chi connectivity index (χ4v) is 3.12. The quantitative estimate of drug-likeness (QED) is 0.754. The van der Waals surface area contributed by atoms with Crippen molar-refractivity contribution in [1.82, 2.24) is 4.31 Å². The fraction of sp³-hybridized carbons (Fsp3) is 0.500. The Morgan fingerprint density at radius 1 is 1.44 bits per heavy atom. The van der Waals surface area contributed by atoms with E-state index in [-0.39, 0.29) is 10.9 Å². The van der Waals surface area contributed by atoms with Gasteiger partial charge in [-0.3, -0.25) is 0 Å². The summed E-state index contributed by atoms with van der Waals surface area (Å²) >= 11 is 5.71. The lowest BCUT2D eigenvalue weighted by Gasteiger charge is -2.23. The van der Waals surface area contributed by atoms with E-state index in [1.165, 1.54) is 4.31 Å². The largest absolute Gasteiger partial charge is 0.383 e. The maximum absolute atomic E-state index is 12.3. The Morgan fingerprint density at radius 3 is 2.67 bits per heavy atom. The molecule has 0 amide bonds. The number of sulfonamides is 1. The highest BCUT2D eigenvalue weighted by atomic mass is 35.5. The summed E-state index contributed by atoms with van der Waals surface area (Å²) in [5, 5.41) is 0. The zero-order valence-corrected chi connectivity index (χ0v) is 12.3. The molecule has 0 spiro atoms. The van der Waals surface area contributed by atoms with Gasteiger partial charge >= 0.3 is 0 Å². The van der Waals surface area contributed by atoms with Crippen LogP contribution < -0.4 is 0 Å². The summed E-state index contributed by atoms with van der Waals surface area (Å²) in [6, 6.07) is 6.43. The molecule has 0 aliphatic rings. The zero-order chi connectivity index (χ0) is 13.8. The molecule has 0 fully saturated rings.